The van der Waals surface area contributed by atoms with Crippen molar-refractivity contribution in [3.05, 3.63) is 0 Å². The zero-order chi connectivity index (χ0) is 13.3. The second-order valence-electron chi connectivity index (χ2n) is 5.62. The second-order valence-corrected chi connectivity index (χ2v) is 5.62. The molecule has 0 aromatic rings. The molecule has 0 N–H and O–H groups in total. The summed E-state index contributed by atoms with van der Waals surface area (Å²) < 4.78 is 0. The molecule has 0 fully saturated rings. The molecule has 0 aliphatic rings. The SMILES string of the molecule is CN(C)C(C)(N(C)C)C(C)(N(C)C)N(C)C. The van der Waals surface area contributed by atoms with Crippen LogP contribution in [0.3, 0.4) is 0 Å². The highest BCUT2D eigenvalue weighted by Crippen LogP contribution is 2.34. The molecule has 0 aromatic carbocycles. The Hall–Kier alpha value is -0.160. The molecule has 16 heavy (non-hydrogen) atoms. The van der Waals surface area contributed by atoms with Gasteiger partial charge in [0.2, 0.25) is 0 Å². The van der Waals surface area contributed by atoms with Gasteiger partial charge in [0.1, 0.15) is 11.3 Å². The van der Waals surface area contributed by atoms with E-state index in [0.717, 1.165) is 0 Å². The fourth-order valence-electron chi connectivity index (χ4n) is 2.49. The first-order chi connectivity index (χ1) is 7.02. The van der Waals surface area contributed by atoms with Gasteiger partial charge in [0, 0.05) is 0 Å². The molecule has 0 unspecified atom stereocenters. The first kappa shape index (κ1) is 15.8. The van der Waals surface area contributed by atoms with E-state index in [-0.39, 0.29) is 11.3 Å². The van der Waals surface area contributed by atoms with Gasteiger partial charge >= 0.3 is 0 Å². The molecule has 0 atom stereocenters. The maximum atomic E-state index is 2.27. The molecule has 0 saturated carbocycles. The van der Waals surface area contributed by atoms with Crippen molar-refractivity contribution in [1.82, 2.24) is 19.6 Å². The predicted molar refractivity (Wildman–Crippen MR) is 71.6 cm³/mol. The smallest absolute Gasteiger partial charge is 0.102 e. The van der Waals surface area contributed by atoms with Crippen LogP contribution in [-0.4, -0.2) is 87.3 Å². The molecule has 0 spiro atoms. The van der Waals surface area contributed by atoms with Gasteiger partial charge in [-0.2, -0.15) is 0 Å². The number of likely N-dealkylation sites (N-methyl/N-ethyl adjacent to an activating group) is 4. The number of hydrogen-bond donors (Lipinski definition) is 0. The highest BCUT2D eigenvalue weighted by atomic mass is 15.5. The molecule has 0 rings (SSSR count). The van der Waals surface area contributed by atoms with Crippen LogP contribution in [0.2, 0.25) is 0 Å². The first-order valence-corrected chi connectivity index (χ1v) is 5.72. The minimum atomic E-state index is -0.0833. The lowest BCUT2D eigenvalue weighted by atomic mass is 9.90. The van der Waals surface area contributed by atoms with Crippen molar-refractivity contribution in [3.8, 4) is 0 Å². The predicted octanol–water partition coefficient (Wildman–Crippen LogP) is 0.665. The third-order valence-electron chi connectivity index (χ3n) is 4.38. The van der Waals surface area contributed by atoms with Gasteiger partial charge in [-0.15, -0.1) is 0 Å². The minimum Gasteiger partial charge on any atom is -0.289 e. The molecular weight excluding hydrogens is 200 g/mol. The third-order valence-corrected chi connectivity index (χ3v) is 4.38. The summed E-state index contributed by atoms with van der Waals surface area (Å²) in [6, 6.07) is 0. The Bertz CT molecular complexity index is 181. The Morgan fingerprint density at radius 1 is 0.438 bits per heavy atom. The van der Waals surface area contributed by atoms with E-state index in [9.17, 15) is 0 Å². The van der Waals surface area contributed by atoms with Crippen LogP contribution in [0.1, 0.15) is 13.8 Å². The highest BCUT2D eigenvalue weighted by Gasteiger charge is 2.51. The lowest BCUT2D eigenvalue weighted by Crippen LogP contribution is -2.76. The average molecular weight is 230 g/mol. The molecular formula is C12H30N4. The van der Waals surface area contributed by atoms with E-state index in [0.29, 0.717) is 0 Å². The first-order valence-electron chi connectivity index (χ1n) is 5.72. The monoisotopic (exact) mass is 230 g/mol. The van der Waals surface area contributed by atoms with Gasteiger partial charge < -0.3 is 0 Å². The van der Waals surface area contributed by atoms with Crippen LogP contribution in [0.5, 0.6) is 0 Å². The Balaban J connectivity index is 5.64. The summed E-state index contributed by atoms with van der Waals surface area (Å²) in [5.41, 5.74) is -0.167. The van der Waals surface area contributed by atoms with Crippen molar-refractivity contribution in [2.24, 2.45) is 0 Å². The Morgan fingerprint density at radius 2 is 0.562 bits per heavy atom. The molecule has 0 aromatic heterocycles. The van der Waals surface area contributed by atoms with E-state index in [1.807, 2.05) is 0 Å². The van der Waals surface area contributed by atoms with Gasteiger partial charge in [-0.05, 0) is 70.2 Å². The molecule has 0 heterocycles. The van der Waals surface area contributed by atoms with Gasteiger partial charge in [-0.25, -0.2) is 0 Å². The molecule has 4 nitrogen and oxygen atoms in total. The molecule has 0 aliphatic heterocycles. The van der Waals surface area contributed by atoms with Crippen LogP contribution in [0.25, 0.3) is 0 Å². The van der Waals surface area contributed by atoms with E-state index in [1.54, 1.807) is 0 Å². The minimum absolute atomic E-state index is 0.0833. The molecule has 0 saturated heterocycles. The number of hydrogen-bond acceptors (Lipinski definition) is 4. The fraction of sp³-hybridized carbons (Fsp3) is 1.00. The van der Waals surface area contributed by atoms with Crippen molar-refractivity contribution < 1.29 is 0 Å². The molecule has 0 aliphatic carbocycles. The summed E-state index contributed by atoms with van der Waals surface area (Å²) >= 11 is 0. The lowest BCUT2D eigenvalue weighted by Gasteiger charge is -2.59. The molecule has 0 bridgehead atoms. The lowest BCUT2D eigenvalue weighted by molar-refractivity contribution is -0.162. The number of rotatable bonds is 5. The quantitative estimate of drug-likeness (QED) is 0.643. The van der Waals surface area contributed by atoms with Gasteiger partial charge in [0.05, 0.1) is 0 Å². The zero-order valence-electron chi connectivity index (χ0n) is 12.8. The van der Waals surface area contributed by atoms with Crippen LogP contribution < -0.4 is 0 Å². The maximum Gasteiger partial charge on any atom is 0.102 e. The summed E-state index contributed by atoms with van der Waals surface area (Å²) in [5, 5.41) is 0. The largest absolute Gasteiger partial charge is 0.289 e. The summed E-state index contributed by atoms with van der Waals surface area (Å²) in [4.78, 5) is 9.08. The van der Waals surface area contributed by atoms with E-state index < -0.39 is 0 Å². The Morgan fingerprint density at radius 3 is 0.625 bits per heavy atom. The van der Waals surface area contributed by atoms with Crippen molar-refractivity contribution in [2.45, 2.75) is 25.2 Å². The van der Waals surface area contributed by atoms with Crippen LogP contribution in [0, 0.1) is 0 Å². The van der Waals surface area contributed by atoms with E-state index >= 15 is 0 Å². The van der Waals surface area contributed by atoms with Crippen LogP contribution in [0.15, 0.2) is 0 Å². The fourth-order valence-corrected chi connectivity index (χ4v) is 2.49. The molecule has 98 valence electrons. The van der Waals surface area contributed by atoms with Gasteiger partial charge in [0.25, 0.3) is 0 Å². The molecule has 0 radical (unpaired) electrons. The molecule has 4 heteroatoms. The summed E-state index contributed by atoms with van der Waals surface area (Å²) in [6.45, 7) is 4.54. The molecule has 0 amide bonds. The standard InChI is InChI=1S/C12H30N4/c1-11(13(3)4,14(5)6)12(2,15(7)8)16(9)10/h1-10H3. The summed E-state index contributed by atoms with van der Waals surface area (Å²) in [6.07, 6.45) is 0. The van der Waals surface area contributed by atoms with Crippen LogP contribution in [-0.2, 0) is 0 Å². The zero-order valence-corrected chi connectivity index (χ0v) is 12.8. The normalized spacial score (nSPS) is 14.6. The van der Waals surface area contributed by atoms with E-state index in [2.05, 4.69) is 89.8 Å². The van der Waals surface area contributed by atoms with Crippen LogP contribution >= 0.6 is 0 Å². The van der Waals surface area contributed by atoms with Crippen molar-refractivity contribution in [2.75, 3.05) is 56.4 Å². The van der Waals surface area contributed by atoms with Gasteiger partial charge in [0.15, 0.2) is 0 Å². The topological polar surface area (TPSA) is 13.0 Å². The second kappa shape index (κ2) is 5.00. The summed E-state index contributed by atoms with van der Waals surface area (Å²) in [7, 11) is 17.0. The van der Waals surface area contributed by atoms with Gasteiger partial charge in [-0.1, -0.05) is 0 Å². The Kier molecular flexibility index (Phi) is 4.95. The van der Waals surface area contributed by atoms with Gasteiger partial charge in [-0.3, -0.25) is 19.6 Å². The highest BCUT2D eigenvalue weighted by molar-refractivity contribution is 5.01. The Labute approximate surface area is 102 Å². The van der Waals surface area contributed by atoms with E-state index in [1.165, 1.54) is 0 Å². The van der Waals surface area contributed by atoms with Crippen LogP contribution in [0.4, 0.5) is 0 Å². The number of nitrogens with zero attached hydrogens (tertiary/aromatic N) is 4. The van der Waals surface area contributed by atoms with Crippen molar-refractivity contribution >= 4 is 0 Å². The van der Waals surface area contributed by atoms with Crippen molar-refractivity contribution in [1.29, 1.82) is 0 Å². The van der Waals surface area contributed by atoms with E-state index in [4.69, 9.17) is 0 Å². The third kappa shape index (κ3) is 2.12. The average Bonchev–Trinajstić information content (AvgIpc) is 2.13. The maximum absolute atomic E-state index is 2.27. The van der Waals surface area contributed by atoms with Crippen molar-refractivity contribution in [3.63, 3.8) is 0 Å². The summed E-state index contributed by atoms with van der Waals surface area (Å²) in [5.74, 6) is 0.